The monoisotopic (exact) mass is 511 g/mol. The number of fused-ring (bicyclic) bond motifs is 4. The molecule has 0 saturated carbocycles. The van der Waals surface area contributed by atoms with Crippen LogP contribution in [-0.2, 0) is 6.54 Å². The third-order valence-corrected chi connectivity index (χ3v) is 8.98. The van der Waals surface area contributed by atoms with E-state index in [1.165, 1.54) is 32.4 Å². The summed E-state index contributed by atoms with van der Waals surface area (Å²) in [6.45, 7) is 5.53. The van der Waals surface area contributed by atoms with Gasteiger partial charge < -0.3 is 19.3 Å². The van der Waals surface area contributed by atoms with Gasteiger partial charge in [-0.15, -0.1) is 5.10 Å². The predicted octanol–water partition coefficient (Wildman–Crippen LogP) is 2.44. The van der Waals surface area contributed by atoms with Crippen molar-refractivity contribution in [3.05, 3.63) is 39.9 Å². The highest BCUT2D eigenvalue weighted by atomic mass is 32.1. The molecule has 2 bridgehead atoms. The van der Waals surface area contributed by atoms with E-state index < -0.39 is 0 Å². The summed E-state index contributed by atoms with van der Waals surface area (Å²) >= 11 is 1.05. The van der Waals surface area contributed by atoms with Crippen molar-refractivity contribution in [1.82, 2.24) is 28.9 Å². The minimum atomic E-state index is -0.236. The van der Waals surface area contributed by atoms with Gasteiger partial charge in [0, 0.05) is 68.0 Å². The Balaban J connectivity index is 1.08. The van der Waals surface area contributed by atoms with Crippen LogP contribution in [0.25, 0.3) is 0 Å². The zero-order chi connectivity index (χ0) is 24.6. The van der Waals surface area contributed by atoms with E-state index in [0.29, 0.717) is 43.8 Å². The summed E-state index contributed by atoms with van der Waals surface area (Å²) in [4.78, 5) is 45.0. The quantitative estimate of drug-likeness (QED) is 0.679. The molecule has 0 spiro atoms. The van der Waals surface area contributed by atoms with Crippen LogP contribution in [0.5, 0.6) is 0 Å². The van der Waals surface area contributed by atoms with Gasteiger partial charge >= 0.3 is 6.03 Å². The first kappa shape index (κ1) is 23.6. The molecular formula is C25H33N7O3S. The van der Waals surface area contributed by atoms with E-state index in [1.54, 1.807) is 17.0 Å². The standard InChI is InChI=1S/C25H33N7O3S/c33-21-6-4-5-20-18-13-17(15-32(20)21)14-31(16-18)25(35)26-23-22(27-28-36-23)24(34)30-11-7-19(8-12-30)29-9-2-1-3-10-29/h4-6,17-19H,1-3,7-16H2,(H,26,35)/t17-,18-/m0/s1. The molecule has 2 aromatic heterocycles. The second kappa shape index (κ2) is 9.93. The summed E-state index contributed by atoms with van der Waals surface area (Å²) in [5.74, 6) is 0.225. The second-order valence-electron chi connectivity index (χ2n) is 10.6. The third kappa shape index (κ3) is 4.54. The van der Waals surface area contributed by atoms with Gasteiger partial charge in [0.05, 0.1) is 0 Å². The maximum atomic E-state index is 13.3. The van der Waals surface area contributed by atoms with Crippen LogP contribution in [0.2, 0.25) is 0 Å². The van der Waals surface area contributed by atoms with Gasteiger partial charge in [-0.1, -0.05) is 17.0 Å². The minimum Gasteiger partial charge on any atom is -0.337 e. The highest BCUT2D eigenvalue weighted by Crippen LogP contribution is 2.35. The highest BCUT2D eigenvalue weighted by Gasteiger charge is 2.37. The Labute approximate surface area is 214 Å². The fourth-order valence-corrected chi connectivity index (χ4v) is 7.07. The number of hydrogen-bond acceptors (Lipinski definition) is 7. The fraction of sp³-hybridized carbons (Fsp3) is 0.640. The Morgan fingerprint density at radius 2 is 1.78 bits per heavy atom. The summed E-state index contributed by atoms with van der Waals surface area (Å²) in [7, 11) is 0. The van der Waals surface area contributed by atoms with Crippen LogP contribution in [0.1, 0.15) is 60.6 Å². The van der Waals surface area contributed by atoms with E-state index in [0.717, 1.165) is 36.5 Å². The van der Waals surface area contributed by atoms with Crippen molar-refractivity contribution in [2.45, 2.75) is 57.0 Å². The molecule has 4 aliphatic rings. The van der Waals surface area contributed by atoms with Gasteiger partial charge in [-0.05, 0) is 57.2 Å². The van der Waals surface area contributed by atoms with Crippen LogP contribution in [0.15, 0.2) is 23.0 Å². The molecule has 36 heavy (non-hydrogen) atoms. The van der Waals surface area contributed by atoms with Crippen LogP contribution in [-0.4, -0.2) is 86.1 Å². The number of aromatic nitrogens is 3. The molecule has 2 atom stereocenters. The molecule has 2 aromatic rings. The van der Waals surface area contributed by atoms with Gasteiger partial charge in [0.25, 0.3) is 11.5 Å². The smallest absolute Gasteiger partial charge is 0.322 e. The fourth-order valence-electron chi connectivity index (χ4n) is 6.52. The van der Waals surface area contributed by atoms with Crippen LogP contribution < -0.4 is 10.9 Å². The van der Waals surface area contributed by atoms with Gasteiger partial charge in [-0.2, -0.15) is 0 Å². The molecule has 0 aliphatic carbocycles. The zero-order valence-electron chi connectivity index (χ0n) is 20.5. The van der Waals surface area contributed by atoms with E-state index in [-0.39, 0.29) is 35.0 Å². The van der Waals surface area contributed by atoms with Crippen molar-refractivity contribution in [1.29, 1.82) is 0 Å². The van der Waals surface area contributed by atoms with Gasteiger partial charge in [0.1, 0.15) is 0 Å². The first-order valence-corrected chi connectivity index (χ1v) is 14.0. The molecule has 4 aliphatic heterocycles. The summed E-state index contributed by atoms with van der Waals surface area (Å²) < 4.78 is 5.84. The lowest BCUT2D eigenvalue weighted by Crippen LogP contribution is -2.50. The summed E-state index contributed by atoms with van der Waals surface area (Å²) in [5, 5.41) is 7.42. The number of nitrogens with one attached hydrogen (secondary N) is 1. The molecule has 192 valence electrons. The summed E-state index contributed by atoms with van der Waals surface area (Å²) in [6, 6.07) is 5.70. The van der Waals surface area contributed by atoms with Gasteiger partial charge in [0.2, 0.25) is 0 Å². The molecule has 3 amide bonds. The summed E-state index contributed by atoms with van der Waals surface area (Å²) in [5.41, 5.74) is 1.26. The molecule has 6 rings (SSSR count). The molecule has 3 fully saturated rings. The Bertz CT molecular complexity index is 1180. The lowest BCUT2D eigenvalue weighted by Gasteiger charge is -2.42. The van der Waals surface area contributed by atoms with E-state index in [1.807, 2.05) is 15.5 Å². The largest absolute Gasteiger partial charge is 0.337 e. The van der Waals surface area contributed by atoms with Crippen LogP contribution in [0.3, 0.4) is 0 Å². The second-order valence-corrected chi connectivity index (χ2v) is 11.4. The number of nitrogens with zero attached hydrogens (tertiary/aromatic N) is 6. The number of carbonyl (C=O) groups is 2. The van der Waals surface area contributed by atoms with Crippen LogP contribution >= 0.6 is 11.5 Å². The number of rotatable bonds is 3. The van der Waals surface area contributed by atoms with Gasteiger partial charge in [-0.25, -0.2) is 4.79 Å². The minimum absolute atomic E-state index is 0.0268. The number of piperidine rings is 3. The van der Waals surface area contributed by atoms with Crippen molar-refractivity contribution in [3.63, 3.8) is 0 Å². The molecule has 10 nitrogen and oxygen atoms in total. The number of pyridine rings is 1. The average molecular weight is 512 g/mol. The molecular weight excluding hydrogens is 478 g/mol. The normalized spacial score (nSPS) is 24.9. The SMILES string of the molecule is O=C(Nc1snnc1C(=O)N1CCC(N2CCCCC2)CC1)N1C[C@@H]2C[C@@H](C1)c1cccc(=O)n1C2. The topological polar surface area (TPSA) is 104 Å². The number of anilines is 1. The molecule has 0 aromatic carbocycles. The van der Waals surface area contributed by atoms with E-state index in [4.69, 9.17) is 0 Å². The van der Waals surface area contributed by atoms with E-state index >= 15 is 0 Å². The first-order chi connectivity index (χ1) is 17.6. The van der Waals surface area contributed by atoms with Crippen molar-refractivity contribution < 1.29 is 9.59 Å². The Morgan fingerprint density at radius 3 is 2.58 bits per heavy atom. The van der Waals surface area contributed by atoms with Gasteiger partial charge in [-0.3, -0.25) is 14.9 Å². The maximum absolute atomic E-state index is 13.3. The Kier molecular flexibility index (Phi) is 6.51. The molecule has 1 N–H and O–H groups in total. The van der Waals surface area contributed by atoms with E-state index in [9.17, 15) is 14.4 Å². The number of likely N-dealkylation sites (tertiary alicyclic amines) is 3. The molecule has 3 saturated heterocycles. The highest BCUT2D eigenvalue weighted by molar-refractivity contribution is 7.10. The number of carbonyl (C=O) groups excluding carboxylic acids is 2. The zero-order valence-corrected chi connectivity index (χ0v) is 21.3. The summed E-state index contributed by atoms with van der Waals surface area (Å²) in [6.07, 6.45) is 6.81. The van der Waals surface area contributed by atoms with Crippen molar-refractivity contribution in [2.75, 3.05) is 44.6 Å². The van der Waals surface area contributed by atoms with Gasteiger partial charge in [0.15, 0.2) is 10.7 Å². The Morgan fingerprint density at radius 1 is 0.972 bits per heavy atom. The van der Waals surface area contributed by atoms with Crippen molar-refractivity contribution in [3.8, 4) is 0 Å². The Hall–Kier alpha value is -2.79. The molecule has 0 unspecified atom stereocenters. The lowest BCUT2D eigenvalue weighted by molar-refractivity contribution is 0.0585. The van der Waals surface area contributed by atoms with Crippen molar-refractivity contribution >= 4 is 28.5 Å². The van der Waals surface area contributed by atoms with E-state index in [2.05, 4.69) is 19.8 Å². The van der Waals surface area contributed by atoms with Crippen LogP contribution in [0, 0.1) is 5.92 Å². The molecule has 0 radical (unpaired) electrons. The third-order valence-electron chi connectivity index (χ3n) is 8.34. The predicted molar refractivity (Wildman–Crippen MR) is 136 cm³/mol. The van der Waals surface area contributed by atoms with Crippen molar-refractivity contribution in [2.24, 2.45) is 5.92 Å². The maximum Gasteiger partial charge on any atom is 0.322 e. The lowest BCUT2D eigenvalue weighted by atomic mass is 9.83. The molecule has 6 heterocycles. The number of urea groups is 1. The first-order valence-electron chi connectivity index (χ1n) is 13.2. The molecule has 11 heteroatoms. The van der Waals surface area contributed by atoms with Crippen LogP contribution in [0.4, 0.5) is 9.80 Å². The number of hydrogen-bond donors (Lipinski definition) is 1. The number of amides is 3. The average Bonchev–Trinajstić information content (AvgIpc) is 3.37.